The molecule has 0 aromatic carbocycles. The molecule has 78 valence electrons. The van der Waals surface area contributed by atoms with Crippen molar-refractivity contribution in [1.82, 2.24) is 13.6 Å². The molecule has 5 heteroatoms. The van der Waals surface area contributed by atoms with E-state index in [9.17, 15) is 0 Å². The van der Waals surface area contributed by atoms with Crippen LogP contribution in [-0.4, -0.2) is 32.3 Å². The van der Waals surface area contributed by atoms with Crippen LogP contribution in [0.5, 0.6) is 0 Å². The van der Waals surface area contributed by atoms with Gasteiger partial charge in [0.2, 0.25) is 0 Å². The summed E-state index contributed by atoms with van der Waals surface area (Å²) in [4.78, 5) is 2.39. The fraction of sp³-hybridized carbons (Fsp3) is 0.778. The summed E-state index contributed by atoms with van der Waals surface area (Å²) in [7, 11) is 0. The van der Waals surface area contributed by atoms with Crippen molar-refractivity contribution in [3.63, 3.8) is 0 Å². The lowest BCUT2D eigenvalue weighted by Gasteiger charge is -2.35. The Balaban J connectivity index is 1.95. The normalized spacial score (nSPS) is 29.3. The minimum atomic E-state index is 0.331. The van der Waals surface area contributed by atoms with Crippen molar-refractivity contribution < 1.29 is 0 Å². The van der Waals surface area contributed by atoms with E-state index in [0.717, 1.165) is 25.2 Å². The van der Waals surface area contributed by atoms with Crippen LogP contribution in [-0.2, 0) is 6.54 Å². The van der Waals surface area contributed by atoms with E-state index < -0.39 is 0 Å². The standard InChI is InChI=1S/C9H16N4S/c1-7-2-3-8(10)5-13(7)6-9-4-11-14-12-9/h4,7-8H,2-3,5-6,10H2,1H3. The van der Waals surface area contributed by atoms with Gasteiger partial charge in [-0.2, -0.15) is 8.75 Å². The van der Waals surface area contributed by atoms with E-state index in [1.165, 1.54) is 18.1 Å². The largest absolute Gasteiger partial charge is 0.327 e. The Morgan fingerprint density at radius 2 is 2.50 bits per heavy atom. The molecule has 0 amide bonds. The van der Waals surface area contributed by atoms with Gasteiger partial charge in [-0.25, -0.2) is 0 Å². The Hall–Kier alpha value is -0.520. The van der Waals surface area contributed by atoms with Crippen LogP contribution in [0.25, 0.3) is 0 Å². The maximum absolute atomic E-state index is 5.94. The zero-order chi connectivity index (χ0) is 9.97. The molecule has 2 unspecified atom stereocenters. The van der Waals surface area contributed by atoms with Gasteiger partial charge in [0.1, 0.15) is 0 Å². The van der Waals surface area contributed by atoms with E-state index >= 15 is 0 Å². The molecule has 1 aromatic heterocycles. The summed E-state index contributed by atoms with van der Waals surface area (Å²) in [5.41, 5.74) is 7.01. The van der Waals surface area contributed by atoms with Crippen molar-refractivity contribution in [2.24, 2.45) is 5.73 Å². The fourth-order valence-electron chi connectivity index (χ4n) is 1.89. The monoisotopic (exact) mass is 212 g/mol. The van der Waals surface area contributed by atoms with Crippen molar-refractivity contribution >= 4 is 11.7 Å². The highest BCUT2D eigenvalue weighted by atomic mass is 32.1. The van der Waals surface area contributed by atoms with E-state index in [1.54, 1.807) is 0 Å². The van der Waals surface area contributed by atoms with Crippen LogP contribution < -0.4 is 5.73 Å². The molecule has 1 aromatic rings. The summed E-state index contributed by atoms with van der Waals surface area (Å²) < 4.78 is 8.22. The number of nitrogens with two attached hydrogens (primary N) is 1. The molecule has 1 aliphatic rings. The van der Waals surface area contributed by atoms with Gasteiger partial charge in [-0.15, -0.1) is 0 Å². The molecule has 4 nitrogen and oxygen atoms in total. The molecule has 2 heterocycles. The first-order valence-electron chi connectivity index (χ1n) is 5.02. The molecule has 0 bridgehead atoms. The lowest BCUT2D eigenvalue weighted by atomic mass is 10.00. The molecule has 0 saturated carbocycles. The van der Waals surface area contributed by atoms with Crippen molar-refractivity contribution in [2.75, 3.05) is 6.54 Å². The van der Waals surface area contributed by atoms with E-state index in [0.29, 0.717) is 12.1 Å². The third kappa shape index (κ3) is 2.29. The van der Waals surface area contributed by atoms with Gasteiger partial charge >= 0.3 is 0 Å². The minimum absolute atomic E-state index is 0.331. The van der Waals surface area contributed by atoms with Crippen molar-refractivity contribution in [3.8, 4) is 0 Å². The SMILES string of the molecule is CC1CCC(N)CN1Cc1cnsn1. The third-order valence-electron chi connectivity index (χ3n) is 2.82. The quantitative estimate of drug-likeness (QED) is 0.789. The lowest BCUT2D eigenvalue weighted by molar-refractivity contribution is 0.136. The number of nitrogens with zero attached hydrogens (tertiary/aromatic N) is 3. The van der Waals surface area contributed by atoms with E-state index in [-0.39, 0.29) is 0 Å². The maximum atomic E-state index is 5.94. The molecular formula is C9H16N4S. The summed E-state index contributed by atoms with van der Waals surface area (Å²) in [6.45, 7) is 4.13. The number of hydrogen-bond donors (Lipinski definition) is 1. The molecule has 1 fully saturated rings. The second-order valence-corrected chi connectivity index (χ2v) is 4.57. The average molecular weight is 212 g/mol. The first-order chi connectivity index (χ1) is 6.75. The molecule has 0 radical (unpaired) electrons. The number of hydrogen-bond acceptors (Lipinski definition) is 5. The molecular weight excluding hydrogens is 196 g/mol. The number of aromatic nitrogens is 2. The predicted octanol–water partition coefficient (Wildman–Crippen LogP) is 0.850. The molecule has 2 rings (SSSR count). The minimum Gasteiger partial charge on any atom is -0.327 e. The molecule has 0 spiro atoms. The predicted molar refractivity (Wildman–Crippen MR) is 57.0 cm³/mol. The van der Waals surface area contributed by atoms with Crippen molar-refractivity contribution in [1.29, 1.82) is 0 Å². The van der Waals surface area contributed by atoms with Gasteiger partial charge in [0.25, 0.3) is 0 Å². The summed E-state index contributed by atoms with van der Waals surface area (Å²) in [5.74, 6) is 0. The highest BCUT2D eigenvalue weighted by Crippen LogP contribution is 2.17. The van der Waals surface area contributed by atoms with Gasteiger partial charge in [0, 0.05) is 25.2 Å². The van der Waals surface area contributed by atoms with Crippen LogP contribution in [0.15, 0.2) is 6.20 Å². The van der Waals surface area contributed by atoms with Gasteiger partial charge in [-0.3, -0.25) is 4.90 Å². The van der Waals surface area contributed by atoms with Crippen molar-refractivity contribution in [3.05, 3.63) is 11.9 Å². The maximum Gasteiger partial charge on any atom is 0.0883 e. The molecule has 1 aliphatic heterocycles. The Bertz CT molecular complexity index is 274. The van der Waals surface area contributed by atoms with Gasteiger partial charge in [-0.1, -0.05) is 0 Å². The van der Waals surface area contributed by atoms with Crippen LogP contribution in [0.1, 0.15) is 25.5 Å². The Kier molecular flexibility index (Phi) is 3.10. The van der Waals surface area contributed by atoms with Gasteiger partial charge in [-0.05, 0) is 19.8 Å². The first kappa shape index (κ1) is 10.0. The molecule has 14 heavy (non-hydrogen) atoms. The van der Waals surface area contributed by atoms with E-state index in [1.807, 2.05) is 6.20 Å². The summed E-state index contributed by atoms with van der Waals surface area (Å²) in [5, 5.41) is 0. The van der Waals surface area contributed by atoms with Crippen LogP contribution in [0, 0.1) is 0 Å². The number of likely N-dealkylation sites (tertiary alicyclic amines) is 1. The van der Waals surface area contributed by atoms with Crippen LogP contribution >= 0.6 is 11.7 Å². The zero-order valence-corrected chi connectivity index (χ0v) is 9.20. The summed E-state index contributed by atoms with van der Waals surface area (Å²) in [6, 6.07) is 0.953. The molecule has 2 atom stereocenters. The third-order valence-corrected chi connectivity index (χ3v) is 3.34. The first-order valence-corrected chi connectivity index (χ1v) is 5.75. The van der Waals surface area contributed by atoms with Crippen molar-refractivity contribution in [2.45, 2.75) is 38.4 Å². The van der Waals surface area contributed by atoms with Gasteiger partial charge in [0.05, 0.1) is 23.6 Å². The van der Waals surface area contributed by atoms with Crippen LogP contribution in [0.2, 0.25) is 0 Å². The lowest BCUT2D eigenvalue weighted by Crippen LogP contribution is -2.46. The van der Waals surface area contributed by atoms with Crippen LogP contribution in [0.4, 0.5) is 0 Å². The highest BCUT2D eigenvalue weighted by Gasteiger charge is 2.23. The Labute approximate surface area is 88.4 Å². The fourth-order valence-corrected chi connectivity index (χ4v) is 2.32. The average Bonchev–Trinajstić information content (AvgIpc) is 2.64. The molecule has 0 aliphatic carbocycles. The van der Waals surface area contributed by atoms with Gasteiger partial charge < -0.3 is 5.73 Å². The summed E-state index contributed by atoms with van der Waals surface area (Å²) >= 11 is 1.27. The number of rotatable bonds is 2. The van der Waals surface area contributed by atoms with E-state index in [4.69, 9.17) is 5.73 Å². The number of piperidine rings is 1. The summed E-state index contributed by atoms with van der Waals surface area (Å²) in [6.07, 6.45) is 4.18. The molecule has 2 N–H and O–H groups in total. The smallest absolute Gasteiger partial charge is 0.0883 e. The molecule has 1 saturated heterocycles. The second-order valence-electron chi connectivity index (χ2n) is 4.01. The van der Waals surface area contributed by atoms with Crippen LogP contribution in [0.3, 0.4) is 0 Å². The zero-order valence-electron chi connectivity index (χ0n) is 8.39. The highest BCUT2D eigenvalue weighted by molar-refractivity contribution is 6.99. The Morgan fingerprint density at radius 1 is 1.64 bits per heavy atom. The second kappa shape index (κ2) is 4.33. The van der Waals surface area contributed by atoms with E-state index in [2.05, 4.69) is 20.6 Å². The Morgan fingerprint density at radius 3 is 3.21 bits per heavy atom. The van der Waals surface area contributed by atoms with Gasteiger partial charge in [0.15, 0.2) is 0 Å². The topological polar surface area (TPSA) is 55.0 Å².